The van der Waals surface area contributed by atoms with Crippen molar-refractivity contribution >= 4 is 23.5 Å². The van der Waals surface area contributed by atoms with Gasteiger partial charge in [-0.3, -0.25) is 14.4 Å². The van der Waals surface area contributed by atoms with Crippen LogP contribution in [0.15, 0.2) is 53.1 Å². The number of esters is 1. The number of carbonyl (C=O) groups is 3. The van der Waals surface area contributed by atoms with E-state index in [9.17, 15) is 14.4 Å². The number of benzene rings is 2. The summed E-state index contributed by atoms with van der Waals surface area (Å²) in [5.74, 6) is 0.193. The van der Waals surface area contributed by atoms with E-state index in [0.717, 1.165) is 11.3 Å². The van der Waals surface area contributed by atoms with Crippen LogP contribution >= 0.6 is 0 Å². The van der Waals surface area contributed by atoms with Gasteiger partial charge in [0.15, 0.2) is 0 Å². The molecule has 2 aromatic carbocycles. The number of nitrogens with one attached hydrogen (secondary N) is 2. The molecule has 0 fully saturated rings. The molecule has 10 nitrogen and oxygen atoms in total. The molecule has 10 heteroatoms. The third-order valence-electron chi connectivity index (χ3n) is 4.41. The van der Waals surface area contributed by atoms with Crippen molar-refractivity contribution < 1.29 is 28.4 Å². The van der Waals surface area contributed by atoms with E-state index in [0.29, 0.717) is 23.0 Å². The molecule has 0 aliphatic carbocycles. The minimum atomic E-state index is -0.556. The maximum Gasteiger partial charge on any atom is 0.325 e. The summed E-state index contributed by atoms with van der Waals surface area (Å²) >= 11 is 0. The minimum Gasteiger partial charge on any atom is -0.497 e. The predicted molar refractivity (Wildman–Crippen MR) is 114 cm³/mol. The highest BCUT2D eigenvalue weighted by Crippen LogP contribution is 2.20. The van der Waals surface area contributed by atoms with Crippen LogP contribution in [0.4, 0.5) is 5.69 Å². The molecular weight excluding hydrogens is 416 g/mol. The monoisotopic (exact) mass is 438 g/mol. The number of methoxy groups -OCH3 is 2. The Labute approximate surface area is 183 Å². The summed E-state index contributed by atoms with van der Waals surface area (Å²) in [5.41, 5.74) is 1.52. The van der Waals surface area contributed by atoms with E-state index in [2.05, 4.69) is 25.5 Å². The summed E-state index contributed by atoms with van der Waals surface area (Å²) in [6.07, 6.45) is 0.372. The molecule has 3 rings (SSSR count). The number of nitrogens with zero attached hydrogens (tertiary/aromatic N) is 2. The number of hydrogen-bond acceptors (Lipinski definition) is 8. The van der Waals surface area contributed by atoms with Crippen LogP contribution in [0.25, 0.3) is 11.4 Å². The average Bonchev–Trinajstić information content (AvgIpc) is 3.30. The third kappa shape index (κ3) is 6.14. The smallest absolute Gasteiger partial charge is 0.325 e. The lowest BCUT2D eigenvalue weighted by Crippen LogP contribution is -2.30. The fraction of sp³-hybridized carbons (Fsp3) is 0.227. The number of rotatable bonds is 9. The fourth-order valence-electron chi connectivity index (χ4n) is 2.72. The molecule has 0 saturated heterocycles. The second-order valence-electron chi connectivity index (χ2n) is 6.63. The van der Waals surface area contributed by atoms with E-state index in [4.69, 9.17) is 9.26 Å². The van der Waals surface area contributed by atoms with Crippen molar-refractivity contribution in [3.8, 4) is 17.1 Å². The second-order valence-corrected chi connectivity index (χ2v) is 6.63. The van der Waals surface area contributed by atoms with Crippen LogP contribution in [0, 0.1) is 0 Å². The van der Waals surface area contributed by atoms with Gasteiger partial charge in [0, 0.05) is 29.7 Å². The number of amides is 2. The number of hydrogen-bond donors (Lipinski definition) is 2. The molecule has 0 radical (unpaired) electrons. The minimum absolute atomic E-state index is 0.114. The van der Waals surface area contributed by atoms with Crippen LogP contribution in [0.1, 0.15) is 22.7 Å². The normalized spacial score (nSPS) is 10.3. The van der Waals surface area contributed by atoms with E-state index in [-0.39, 0.29) is 25.3 Å². The molecule has 0 spiro atoms. The lowest BCUT2D eigenvalue weighted by Gasteiger charge is -2.07. The van der Waals surface area contributed by atoms with Crippen LogP contribution in [0.3, 0.4) is 0 Å². The largest absolute Gasteiger partial charge is 0.497 e. The zero-order chi connectivity index (χ0) is 22.9. The van der Waals surface area contributed by atoms with Crippen molar-refractivity contribution in [1.29, 1.82) is 0 Å². The molecule has 0 aliphatic rings. The molecule has 2 amide bonds. The zero-order valence-corrected chi connectivity index (χ0v) is 17.6. The fourth-order valence-corrected chi connectivity index (χ4v) is 2.72. The van der Waals surface area contributed by atoms with Gasteiger partial charge in [0.25, 0.3) is 5.91 Å². The summed E-state index contributed by atoms with van der Waals surface area (Å²) in [7, 11) is 2.82. The SMILES string of the molecule is COC(=O)CNC(=O)c1cccc(NC(=O)CCc2nc(-c3ccc(OC)cc3)no2)c1. The zero-order valence-electron chi connectivity index (χ0n) is 17.6. The van der Waals surface area contributed by atoms with Crippen molar-refractivity contribution in [3.05, 3.63) is 60.0 Å². The highest BCUT2D eigenvalue weighted by Gasteiger charge is 2.13. The van der Waals surface area contributed by atoms with E-state index in [1.807, 2.05) is 12.1 Å². The molecule has 0 aliphatic heterocycles. The van der Waals surface area contributed by atoms with Crippen molar-refractivity contribution in [1.82, 2.24) is 15.5 Å². The highest BCUT2D eigenvalue weighted by molar-refractivity contribution is 5.98. The summed E-state index contributed by atoms with van der Waals surface area (Å²) in [4.78, 5) is 39.8. The summed E-state index contributed by atoms with van der Waals surface area (Å²) < 4.78 is 14.8. The van der Waals surface area contributed by atoms with Gasteiger partial charge in [-0.05, 0) is 42.5 Å². The van der Waals surface area contributed by atoms with Gasteiger partial charge in [-0.2, -0.15) is 4.98 Å². The topological polar surface area (TPSA) is 133 Å². The van der Waals surface area contributed by atoms with Gasteiger partial charge < -0.3 is 24.6 Å². The maximum absolute atomic E-state index is 12.3. The van der Waals surface area contributed by atoms with E-state index in [1.165, 1.54) is 13.2 Å². The van der Waals surface area contributed by atoms with Gasteiger partial charge >= 0.3 is 5.97 Å². The molecule has 3 aromatic rings. The third-order valence-corrected chi connectivity index (χ3v) is 4.41. The highest BCUT2D eigenvalue weighted by atomic mass is 16.5. The van der Waals surface area contributed by atoms with Gasteiger partial charge in [-0.1, -0.05) is 11.2 Å². The second kappa shape index (κ2) is 10.7. The molecule has 0 atom stereocenters. The standard InChI is InChI=1S/C22H22N4O6/c1-30-17-8-6-14(7-9-17)21-25-19(32-26-21)11-10-18(27)24-16-5-3-4-15(12-16)22(29)23-13-20(28)31-2/h3-9,12H,10-11,13H2,1-2H3,(H,23,29)(H,24,27). The molecule has 0 saturated carbocycles. The number of anilines is 1. The number of aromatic nitrogens is 2. The van der Waals surface area contributed by atoms with E-state index in [1.54, 1.807) is 37.4 Å². The van der Waals surface area contributed by atoms with Crippen molar-refractivity contribution in [2.24, 2.45) is 0 Å². The van der Waals surface area contributed by atoms with Gasteiger partial charge in [-0.15, -0.1) is 0 Å². The first kappa shape index (κ1) is 22.5. The first-order valence-corrected chi connectivity index (χ1v) is 9.70. The Morgan fingerprint density at radius 2 is 1.84 bits per heavy atom. The number of carbonyl (C=O) groups excluding carboxylic acids is 3. The van der Waals surface area contributed by atoms with Crippen LogP contribution in [0.2, 0.25) is 0 Å². The van der Waals surface area contributed by atoms with Gasteiger partial charge in [-0.25, -0.2) is 0 Å². The van der Waals surface area contributed by atoms with Crippen LogP contribution in [-0.4, -0.2) is 48.7 Å². The van der Waals surface area contributed by atoms with Crippen LogP contribution in [0.5, 0.6) is 5.75 Å². The molecule has 2 N–H and O–H groups in total. The Morgan fingerprint density at radius 3 is 2.56 bits per heavy atom. The van der Waals surface area contributed by atoms with Crippen molar-refractivity contribution in [2.75, 3.05) is 26.1 Å². The van der Waals surface area contributed by atoms with Crippen molar-refractivity contribution in [3.63, 3.8) is 0 Å². The lowest BCUT2D eigenvalue weighted by molar-refractivity contribution is -0.139. The predicted octanol–water partition coefficient (Wildman–Crippen LogP) is 2.22. The Bertz CT molecular complexity index is 1090. The molecule has 1 heterocycles. The number of aryl methyl sites for hydroxylation is 1. The van der Waals surface area contributed by atoms with Crippen LogP contribution < -0.4 is 15.4 Å². The molecule has 0 unspecified atom stereocenters. The molecular formula is C22H22N4O6. The molecule has 32 heavy (non-hydrogen) atoms. The Kier molecular flexibility index (Phi) is 7.52. The van der Waals surface area contributed by atoms with Gasteiger partial charge in [0.05, 0.1) is 14.2 Å². The van der Waals surface area contributed by atoms with Crippen LogP contribution in [-0.2, 0) is 20.7 Å². The van der Waals surface area contributed by atoms with Gasteiger partial charge in [0.1, 0.15) is 12.3 Å². The first-order chi connectivity index (χ1) is 15.5. The van der Waals surface area contributed by atoms with E-state index < -0.39 is 11.9 Å². The molecule has 166 valence electrons. The Morgan fingerprint density at radius 1 is 1.06 bits per heavy atom. The number of ether oxygens (including phenoxy) is 2. The lowest BCUT2D eigenvalue weighted by atomic mass is 10.2. The Hall–Kier alpha value is -4.21. The maximum atomic E-state index is 12.3. The van der Waals surface area contributed by atoms with Crippen molar-refractivity contribution in [2.45, 2.75) is 12.8 Å². The van der Waals surface area contributed by atoms with E-state index >= 15 is 0 Å². The summed E-state index contributed by atoms with van der Waals surface area (Å²) in [5, 5.41) is 9.09. The molecule has 0 bridgehead atoms. The van der Waals surface area contributed by atoms with Gasteiger partial charge in [0.2, 0.25) is 17.6 Å². The average molecular weight is 438 g/mol. The Balaban J connectivity index is 1.52. The quantitative estimate of drug-likeness (QED) is 0.486. The summed E-state index contributed by atoms with van der Waals surface area (Å²) in [6, 6.07) is 13.6. The summed E-state index contributed by atoms with van der Waals surface area (Å²) in [6.45, 7) is -0.241. The molecule has 1 aromatic heterocycles. The first-order valence-electron chi connectivity index (χ1n) is 9.70.